The highest BCUT2D eigenvalue weighted by molar-refractivity contribution is 6.25. The van der Waals surface area contributed by atoms with Crippen molar-refractivity contribution in [1.82, 2.24) is 5.32 Å². The normalized spacial score (nSPS) is 14.6. The fraction of sp³-hybridized carbons (Fsp3) is 0.778. The lowest BCUT2D eigenvalue weighted by molar-refractivity contribution is 0.0596. The van der Waals surface area contributed by atoms with Crippen LogP contribution in [0.5, 0.6) is 0 Å². The van der Waals surface area contributed by atoms with Gasteiger partial charge in [-0.2, -0.15) is 0 Å². The molecule has 0 bridgehead atoms. The number of ether oxygens (including phenoxy) is 1. The molecule has 0 spiro atoms. The number of hydrogen-bond acceptors (Lipinski definition) is 3. The number of methoxy groups -OCH3 is 1. The quantitative estimate of drug-likeness (QED) is 0.615. The Hall–Kier alpha value is -0.0900. The van der Waals surface area contributed by atoms with Crippen LogP contribution in [0.1, 0.15) is 13.3 Å². The highest BCUT2D eigenvalue weighted by Crippen LogP contribution is 1.93. The third-order valence-electron chi connectivity index (χ3n) is 1.60. The smallest absolute Gasteiger partial charge is 0.0785 e. The Labute approximate surface area is 84.7 Å². The molecule has 0 aliphatic carbocycles. The van der Waals surface area contributed by atoms with Crippen LogP contribution >= 0.6 is 11.6 Å². The minimum absolute atomic E-state index is 0.377. The van der Waals surface area contributed by atoms with E-state index in [9.17, 15) is 5.11 Å². The molecule has 0 aromatic heterocycles. The third kappa shape index (κ3) is 8.25. The summed E-state index contributed by atoms with van der Waals surface area (Å²) in [6.07, 6.45) is 0.321. The maximum Gasteiger partial charge on any atom is 0.0785 e. The van der Waals surface area contributed by atoms with Gasteiger partial charge in [-0.15, -0.1) is 0 Å². The second kappa shape index (κ2) is 8.51. The Kier molecular flexibility index (Phi) is 8.45. The fourth-order valence-electron chi connectivity index (χ4n) is 0.869. The van der Waals surface area contributed by atoms with Crippen molar-refractivity contribution in [2.45, 2.75) is 19.4 Å². The van der Waals surface area contributed by atoms with Gasteiger partial charge in [-0.25, -0.2) is 0 Å². The first-order valence-electron chi connectivity index (χ1n) is 4.34. The van der Waals surface area contributed by atoms with Crippen molar-refractivity contribution < 1.29 is 9.84 Å². The molecule has 3 nitrogen and oxygen atoms in total. The van der Waals surface area contributed by atoms with Crippen molar-refractivity contribution in [1.29, 1.82) is 0 Å². The van der Waals surface area contributed by atoms with Crippen LogP contribution in [0.2, 0.25) is 0 Å². The molecular formula is C9H18ClNO2. The number of rotatable bonds is 7. The Balaban J connectivity index is 3.25. The summed E-state index contributed by atoms with van der Waals surface area (Å²) in [5, 5.41) is 12.4. The summed E-state index contributed by atoms with van der Waals surface area (Å²) in [7, 11) is 1.58. The molecule has 0 fully saturated rings. The summed E-state index contributed by atoms with van der Waals surface area (Å²) in [6, 6.07) is 0. The minimum Gasteiger partial charge on any atom is -0.391 e. The highest BCUT2D eigenvalue weighted by atomic mass is 35.5. The topological polar surface area (TPSA) is 41.5 Å². The van der Waals surface area contributed by atoms with Gasteiger partial charge in [0, 0.05) is 19.2 Å². The van der Waals surface area contributed by atoms with E-state index in [0.29, 0.717) is 13.0 Å². The van der Waals surface area contributed by atoms with Crippen molar-refractivity contribution in [2.24, 2.45) is 0 Å². The molecule has 4 heteroatoms. The van der Waals surface area contributed by atoms with Gasteiger partial charge in [0.15, 0.2) is 0 Å². The molecule has 0 heterocycles. The molecular weight excluding hydrogens is 190 g/mol. The third-order valence-corrected chi connectivity index (χ3v) is 1.98. The van der Waals surface area contributed by atoms with Crippen LogP contribution in [0.15, 0.2) is 11.1 Å². The van der Waals surface area contributed by atoms with E-state index in [1.54, 1.807) is 12.6 Å². The van der Waals surface area contributed by atoms with Gasteiger partial charge >= 0.3 is 0 Å². The van der Waals surface area contributed by atoms with E-state index in [0.717, 1.165) is 18.7 Å². The van der Waals surface area contributed by atoms with E-state index in [-0.39, 0.29) is 6.10 Å². The lowest BCUT2D eigenvalue weighted by Gasteiger charge is -2.09. The van der Waals surface area contributed by atoms with E-state index in [4.69, 9.17) is 16.3 Å². The van der Waals surface area contributed by atoms with E-state index in [1.165, 1.54) is 0 Å². The van der Waals surface area contributed by atoms with Gasteiger partial charge in [0.25, 0.3) is 0 Å². The summed E-state index contributed by atoms with van der Waals surface area (Å²) in [5.74, 6) is 0. The molecule has 0 aromatic carbocycles. The molecule has 0 aliphatic heterocycles. The average Bonchev–Trinajstić information content (AvgIpc) is 2.12. The summed E-state index contributed by atoms with van der Waals surface area (Å²) < 4.78 is 4.79. The standard InChI is InChI=1S/C9H18ClNO2/c1-8(5-10)6-11-4-3-9(12)7-13-2/h5,9,11-12H,3-4,6-7H2,1-2H3. The van der Waals surface area contributed by atoms with Crippen LogP contribution in [-0.2, 0) is 4.74 Å². The van der Waals surface area contributed by atoms with E-state index < -0.39 is 0 Å². The molecule has 0 saturated heterocycles. The molecule has 0 aliphatic rings. The maximum absolute atomic E-state index is 9.27. The molecule has 0 amide bonds. The first kappa shape index (κ1) is 12.9. The Morgan fingerprint density at radius 3 is 2.92 bits per heavy atom. The zero-order valence-electron chi connectivity index (χ0n) is 8.22. The molecule has 0 radical (unpaired) electrons. The van der Waals surface area contributed by atoms with Gasteiger partial charge in [0.2, 0.25) is 0 Å². The average molecular weight is 208 g/mol. The molecule has 0 saturated carbocycles. The minimum atomic E-state index is -0.377. The number of hydrogen-bond donors (Lipinski definition) is 2. The first-order chi connectivity index (χ1) is 6.20. The van der Waals surface area contributed by atoms with E-state index in [1.807, 2.05) is 6.92 Å². The predicted octanol–water partition coefficient (Wildman–Crippen LogP) is 1.12. The molecule has 1 unspecified atom stereocenters. The maximum atomic E-state index is 9.27. The van der Waals surface area contributed by atoms with Gasteiger partial charge in [-0.05, 0) is 25.5 Å². The van der Waals surface area contributed by atoms with Crippen molar-refractivity contribution in [2.75, 3.05) is 26.8 Å². The van der Waals surface area contributed by atoms with Crippen molar-refractivity contribution in [3.63, 3.8) is 0 Å². The number of aliphatic hydroxyl groups is 1. The van der Waals surface area contributed by atoms with Crippen LogP contribution in [0.4, 0.5) is 0 Å². The van der Waals surface area contributed by atoms with Gasteiger partial charge < -0.3 is 15.2 Å². The molecule has 0 rings (SSSR count). The van der Waals surface area contributed by atoms with Crippen LogP contribution in [0.3, 0.4) is 0 Å². The molecule has 0 aromatic rings. The fourth-order valence-corrected chi connectivity index (χ4v) is 0.946. The van der Waals surface area contributed by atoms with Gasteiger partial charge in [0.1, 0.15) is 0 Å². The number of aliphatic hydroxyl groups excluding tert-OH is 1. The Morgan fingerprint density at radius 1 is 1.69 bits per heavy atom. The lowest BCUT2D eigenvalue weighted by Crippen LogP contribution is -2.24. The molecule has 78 valence electrons. The van der Waals surface area contributed by atoms with Crippen molar-refractivity contribution >= 4 is 11.6 Å². The monoisotopic (exact) mass is 207 g/mol. The van der Waals surface area contributed by atoms with Crippen LogP contribution in [-0.4, -0.2) is 38.0 Å². The largest absolute Gasteiger partial charge is 0.391 e. The van der Waals surface area contributed by atoms with E-state index >= 15 is 0 Å². The van der Waals surface area contributed by atoms with Gasteiger partial charge in [-0.1, -0.05) is 11.6 Å². The van der Waals surface area contributed by atoms with Crippen molar-refractivity contribution in [3.05, 3.63) is 11.1 Å². The van der Waals surface area contributed by atoms with E-state index in [2.05, 4.69) is 5.32 Å². The molecule has 13 heavy (non-hydrogen) atoms. The summed E-state index contributed by atoms with van der Waals surface area (Å²) in [6.45, 7) is 3.88. The predicted molar refractivity (Wildman–Crippen MR) is 55.0 cm³/mol. The zero-order chi connectivity index (χ0) is 10.1. The van der Waals surface area contributed by atoms with Gasteiger partial charge in [0.05, 0.1) is 12.7 Å². The lowest BCUT2D eigenvalue weighted by atomic mass is 10.2. The number of nitrogens with one attached hydrogen (secondary N) is 1. The Morgan fingerprint density at radius 2 is 2.38 bits per heavy atom. The Bertz CT molecular complexity index is 151. The first-order valence-corrected chi connectivity index (χ1v) is 4.78. The zero-order valence-corrected chi connectivity index (χ0v) is 8.97. The molecule has 2 N–H and O–H groups in total. The number of halogens is 1. The summed E-state index contributed by atoms with van der Waals surface area (Å²) in [4.78, 5) is 0. The highest BCUT2D eigenvalue weighted by Gasteiger charge is 2.01. The summed E-state index contributed by atoms with van der Waals surface area (Å²) in [5.41, 5.74) is 2.64. The molecule has 1 atom stereocenters. The van der Waals surface area contributed by atoms with Crippen LogP contribution < -0.4 is 5.32 Å². The van der Waals surface area contributed by atoms with Crippen molar-refractivity contribution in [3.8, 4) is 0 Å². The van der Waals surface area contributed by atoms with Crippen LogP contribution in [0.25, 0.3) is 0 Å². The SMILES string of the molecule is COCC(O)CCNCC(C)=CCl. The van der Waals surface area contributed by atoms with Gasteiger partial charge in [-0.3, -0.25) is 0 Å². The second-order valence-electron chi connectivity index (χ2n) is 3.03. The second-order valence-corrected chi connectivity index (χ2v) is 3.25. The van der Waals surface area contributed by atoms with Crippen LogP contribution in [0, 0.1) is 0 Å². The summed E-state index contributed by atoms with van der Waals surface area (Å²) >= 11 is 5.47.